The minimum absolute atomic E-state index is 0.594. The molecule has 1 aromatic heterocycles. The van der Waals surface area contributed by atoms with Crippen molar-refractivity contribution in [2.45, 2.75) is 71.6 Å². The molecule has 1 aromatic carbocycles. The van der Waals surface area contributed by atoms with Gasteiger partial charge in [0, 0.05) is 18.4 Å². The lowest BCUT2D eigenvalue weighted by Crippen LogP contribution is -2.07. The molecule has 154 valence electrons. The van der Waals surface area contributed by atoms with E-state index in [4.69, 9.17) is 9.47 Å². The highest BCUT2D eigenvalue weighted by atomic mass is 16.5. The molecule has 2 rings (SSSR count). The van der Waals surface area contributed by atoms with E-state index in [2.05, 4.69) is 43.1 Å². The first-order valence-electron chi connectivity index (χ1n) is 11.1. The van der Waals surface area contributed by atoms with E-state index in [1.165, 1.54) is 50.5 Å². The minimum atomic E-state index is 0.594. The molecule has 0 fully saturated rings. The van der Waals surface area contributed by atoms with Crippen LogP contribution in [0, 0.1) is 0 Å². The summed E-state index contributed by atoms with van der Waals surface area (Å²) in [5.41, 5.74) is 3.47. The molecular formula is C25H37NO2. The molecule has 2 aromatic rings. The zero-order valence-electron chi connectivity index (χ0n) is 17.8. The summed E-state index contributed by atoms with van der Waals surface area (Å²) in [6.07, 6.45) is 13.3. The van der Waals surface area contributed by atoms with E-state index < -0.39 is 0 Å². The van der Waals surface area contributed by atoms with Crippen LogP contribution in [-0.2, 0) is 11.2 Å². The second-order valence-corrected chi connectivity index (χ2v) is 7.41. The quantitative estimate of drug-likeness (QED) is 0.315. The topological polar surface area (TPSA) is 31.4 Å². The lowest BCUT2D eigenvalue weighted by molar-refractivity contribution is 0.0973. The molecule has 0 saturated carbocycles. The molecule has 0 unspecified atom stereocenters. The van der Waals surface area contributed by atoms with Gasteiger partial charge in [-0.15, -0.1) is 0 Å². The van der Waals surface area contributed by atoms with E-state index in [9.17, 15) is 0 Å². The van der Waals surface area contributed by atoms with E-state index in [0.717, 1.165) is 36.5 Å². The molecule has 0 aliphatic heterocycles. The second kappa shape index (κ2) is 14.2. The maximum absolute atomic E-state index is 5.75. The summed E-state index contributed by atoms with van der Waals surface area (Å²) >= 11 is 0. The number of aromatic nitrogens is 1. The van der Waals surface area contributed by atoms with Crippen LogP contribution >= 0.6 is 0 Å². The van der Waals surface area contributed by atoms with Crippen molar-refractivity contribution in [2.75, 3.05) is 19.8 Å². The highest BCUT2D eigenvalue weighted by molar-refractivity contribution is 5.60. The Balaban J connectivity index is 1.70. The smallest absolute Gasteiger partial charge is 0.119 e. The molecule has 0 radical (unpaired) electrons. The van der Waals surface area contributed by atoms with Gasteiger partial charge in [0.1, 0.15) is 12.4 Å². The van der Waals surface area contributed by atoms with Gasteiger partial charge < -0.3 is 9.47 Å². The first kappa shape index (κ1) is 22.4. The number of rotatable bonds is 15. The van der Waals surface area contributed by atoms with Crippen molar-refractivity contribution in [3.05, 3.63) is 48.2 Å². The number of hydrogen-bond donors (Lipinski definition) is 0. The average molecular weight is 384 g/mol. The van der Waals surface area contributed by atoms with Gasteiger partial charge in [-0.1, -0.05) is 58.4 Å². The third-order valence-corrected chi connectivity index (χ3v) is 4.93. The number of unbranched alkanes of at least 4 members (excludes halogenated alkanes) is 6. The maximum Gasteiger partial charge on any atom is 0.119 e. The standard InChI is InChI=1S/C25H37NO2/c1-3-5-7-8-9-11-22-12-17-25(26-21-22)23-13-15-24(16-14-23)28-20-19-27-18-10-6-4-2/h12-17,21H,3-11,18-20H2,1-2H3. The molecular weight excluding hydrogens is 346 g/mol. The van der Waals surface area contributed by atoms with Gasteiger partial charge in [0.25, 0.3) is 0 Å². The molecule has 0 atom stereocenters. The fraction of sp³-hybridized carbons (Fsp3) is 0.560. The fourth-order valence-corrected chi connectivity index (χ4v) is 3.17. The SMILES string of the molecule is CCCCCCCc1ccc(-c2ccc(OCCOCCCCC)cc2)nc1. The third-order valence-electron chi connectivity index (χ3n) is 4.93. The van der Waals surface area contributed by atoms with Gasteiger partial charge in [-0.05, 0) is 55.2 Å². The van der Waals surface area contributed by atoms with Gasteiger partial charge in [0.05, 0.1) is 12.3 Å². The normalized spacial score (nSPS) is 10.9. The second-order valence-electron chi connectivity index (χ2n) is 7.41. The van der Waals surface area contributed by atoms with E-state index >= 15 is 0 Å². The monoisotopic (exact) mass is 383 g/mol. The van der Waals surface area contributed by atoms with Gasteiger partial charge in [-0.25, -0.2) is 0 Å². The molecule has 0 spiro atoms. The molecule has 0 N–H and O–H groups in total. The molecule has 3 heteroatoms. The van der Waals surface area contributed by atoms with Crippen LogP contribution in [0.4, 0.5) is 0 Å². The number of ether oxygens (including phenoxy) is 2. The summed E-state index contributed by atoms with van der Waals surface area (Å²) < 4.78 is 11.3. The Kier molecular flexibility index (Phi) is 11.3. The summed E-state index contributed by atoms with van der Waals surface area (Å²) in [5, 5.41) is 0. The molecule has 0 saturated heterocycles. The Bertz CT molecular complexity index is 622. The fourth-order valence-electron chi connectivity index (χ4n) is 3.17. The first-order chi connectivity index (χ1) is 13.8. The van der Waals surface area contributed by atoms with Crippen LogP contribution in [0.1, 0.15) is 70.8 Å². The Morgan fingerprint density at radius 1 is 0.714 bits per heavy atom. The largest absolute Gasteiger partial charge is 0.491 e. The van der Waals surface area contributed by atoms with Crippen LogP contribution in [0.3, 0.4) is 0 Å². The van der Waals surface area contributed by atoms with Crippen molar-refractivity contribution in [3.63, 3.8) is 0 Å². The Morgan fingerprint density at radius 2 is 1.46 bits per heavy atom. The van der Waals surface area contributed by atoms with Crippen LogP contribution in [0.5, 0.6) is 5.75 Å². The van der Waals surface area contributed by atoms with Gasteiger partial charge in [-0.3, -0.25) is 4.98 Å². The molecule has 28 heavy (non-hydrogen) atoms. The predicted molar refractivity (Wildman–Crippen MR) is 118 cm³/mol. The van der Waals surface area contributed by atoms with E-state index in [-0.39, 0.29) is 0 Å². The molecule has 1 heterocycles. The summed E-state index contributed by atoms with van der Waals surface area (Å²) in [5.74, 6) is 0.879. The molecule has 3 nitrogen and oxygen atoms in total. The van der Waals surface area contributed by atoms with Crippen molar-refractivity contribution in [1.82, 2.24) is 4.98 Å². The number of pyridine rings is 1. The number of benzene rings is 1. The Labute approximate surface area is 171 Å². The zero-order valence-corrected chi connectivity index (χ0v) is 17.8. The minimum Gasteiger partial charge on any atom is -0.491 e. The average Bonchev–Trinajstić information content (AvgIpc) is 2.74. The summed E-state index contributed by atoms with van der Waals surface area (Å²) in [6, 6.07) is 12.5. The maximum atomic E-state index is 5.75. The lowest BCUT2D eigenvalue weighted by atomic mass is 10.1. The molecule has 0 aliphatic rings. The molecule has 0 aliphatic carbocycles. The first-order valence-corrected chi connectivity index (χ1v) is 11.1. The van der Waals surface area contributed by atoms with Crippen LogP contribution in [0.2, 0.25) is 0 Å². The highest BCUT2D eigenvalue weighted by Gasteiger charge is 2.02. The number of nitrogens with zero attached hydrogens (tertiary/aromatic N) is 1. The van der Waals surface area contributed by atoms with Crippen molar-refractivity contribution >= 4 is 0 Å². The predicted octanol–water partition coefficient (Wildman–Crippen LogP) is 6.85. The molecule has 0 bridgehead atoms. The van der Waals surface area contributed by atoms with Crippen molar-refractivity contribution in [3.8, 4) is 17.0 Å². The van der Waals surface area contributed by atoms with Crippen LogP contribution in [0.25, 0.3) is 11.3 Å². The van der Waals surface area contributed by atoms with E-state index in [1.54, 1.807) is 0 Å². The van der Waals surface area contributed by atoms with Gasteiger partial charge in [0.2, 0.25) is 0 Å². The van der Waals surface area contributed by atoms with Gasteiger partial charge in [-0.2, -0.15) is 0 Å². The number of hydrogen-bond acceptors (Lipinski definition) is 3. The Hall–Kier alpha value is -1.87. The van der Waals surface area contributed by atoms with E-state index in [1.807, 2.05) is 18.3 Å². The van der Waals surface area contributed by atoms with Crippen molar-refractivity contribution < 1.29 is 9.47 Å². The van der Waals surface area contributed by atoms with Crippen molar-refractivity contribution in [2.24, 2.45) is 0 Å². The van der Waals surface area contributed by atoms with Gasteiger partial charge >= 0.3 is 0 Å². The van der Waals surface area contributed by atoms with Crippen LogP contribution in [0.15, 0.2) is 42.6 Å². The van der Waals surface area contributed by atoms with Crippen molar-refractivity contribution in [1.29, 1.82) is 0 Å². The highest BCUT2D eigenvalue weighted by Crippen LogP contribution is 2.21. The Morgan fingerprint density at radius 3 is 2.18 bits per heavy atom. The van der Waals surface area contributed by atoms with Gasteiger partial charge in [0.15, 0.2) is 0 Å². The zero-order chi connectivity index (χ0) is 19.9. The summed E-state index contributed by atoms with van der Waals surface area (Å²) in [6.45, 7) is 6.53. The summed E-state index contributed by atoms with van der Waals surface area (Å²) in [4.78, 5) is 4.64. The van der Waals surface area contributed by atoms with E-state index in [0.29, 0.717) is 13.2 Å². The lowest BCUT2D eigenvalue weighted by Gasteiger charge is -2.08. The molecule has 0 amide bonds. The van der Waals surface area contributed by atoms with Crippen LogP contribution in [-0.4, -0.2) is 24.8 Å². The number of aryl methyl sites for hydroxylation is 1. The third kappa shape index (κ3) is 8.88. The van der Waals surface area contributed by atoms with Crippen LogP contribution < -0.4 is 4.74 Å². The summed E-state index contributed by atoms with van der Waals surface area (Å²) in [7, 11) is 0.